The molecule has 0 aliphatic heterocycles. The Hall–Kier alpha value is -1.79. The molecule has 120 valence electrons. The normalized spacial score (nSPS) is 18.7. The van der Waals surface area contributed by atoms with Crippen LogP contribution < -0.4 is 16.0 Å². The Bertz CT molecular complexity index is 403. The van der Waals surface area contributed by atoms with Crippen molar-refractivity contribution >= 4 is 17.9 Å². The van der Waals surface area contributed by atoms with Crippen LogP contribution in [0.4, 0.5) is 4.79 Å². The van der Waals surface area contributed by atoms with Crippen molar-refractivity contribution in [3.8, 4) is 0 Å². The van der Waals surface area contributed by atoms with Crippen molar-refractivity contribution in [1.29, 1.82) is 0 Å². The van der Waals surface area contributed by atoms with E-state index in [1.54, 1.807) is 6.92 Å². The summed E-state index contributed by atoms with van der Waals surface area (Å²) in [5.74, 6) is -1.31. The van der Waals surface area contributed by atoms with Crippen LogP contribution in [-0.4, -0.2) is 40.6 Å². The summed E-state index contributed by atoms with van der Waals surface area (Å²) in [7, 11) is 0. The number of carboxylic acids is 1. The van der Waals surface area contributed by atoms with Crippen molar-refractivity contribution in [2.24, 2.45) is 0 Å². The van der Waals surface area contributed by atoms with Gasteiger partial charge in [-0.15, -0.1) is 0 Å². The zero-order chi connectivity index (χ0) is 16.0. The molecule has 0 aromatic carbocycles. The molecule has 1 atom stereocenters. The van der Waals surface area contributed by atoms with E-state index in [9.17, 15) is 19.5 Å². The standard InChI is InChI=1S/C14H25N3O4/c1-9(2)15-11(18)10(3)16-13(21)17-14(12(19)20)7-5-4-6-8-14/h9-10H,4-8H2,1-3H3,(H,15,18)(H,19,20)(H2,16,17,21). The number of carbonyl (C=O) groups excluding carboxylic acids is 2. The zero-order valence-corrected chi connectivity index (χ0v) is 12.9. The maximum Gasteiger partial charge on any atom is 0.329 e. The lowest BCUT2D eigenvalue weighted by Crippen LogP contribution is -2.60. The average Bonchev–Trinajstić information content (AvgIpc) is 2.38. The first-order valence-electron chi connectivity index (χ1n) is 7.39. The number of amides is 3. The summed E-state index contributed by atoms with van der Waals surface area (Å²) in [5, 5.41) is 17.1. The molecule has 1 saturated carbocycles. The quantitative estimate of drug-likeness (QED) is 0.607. The van der Waals surface area contributed by atoms with E-state index in [1.165, 1.54) is 0 Å². The lowest BCUT2D eigenvalue weighted by Gasteiger charge is -2.34. The molecule has 1 fully saturated rings. The largest absolute Gasteiger partial charge is 0.480 e. The Kier molecular flexibility index (Phi) is 5.99. The number of carboxylic acid groups (broad SMARTS) is 1. The number of nitrogens with one attached hydrogen (secondary N) is 3. The fraction of sp³-hybridized carbons (Fsp3) is 0.786. The minimum absolute atomic E-state index is 0.0199. The van der Waals surface area contributed by atoms with Gasteiger partial charge >= 0.3 is 12.0 Å². The van der Waals surface area contributed by atoms with Crippen molar-refractivity contribution in [1.82, 2.24) is 16.0 Å². The van der Waals surface area contributed by atoms with Crippen molar-refractivity contribution in [2.45, 2.75) is 70.5 Å². The zero-order valence-electron chi connectivity index (χ0n) is 12.9. The molecule has 3 amide bonds. The van der Waals surface area contributed by atoms with Gasteiger partial charge in [-0.05, 0) is 33.6 Å². The molecule has 0 radical (unpaired) electrons. The van der Waals surface area contributed by atoms with Gasteiger partial charge in [0.25, 0.3) is 0 Å². The molecule has 0 aromatic rings. The fourth-order valence-corrected chi connectivity index (χ4v) is 2.47. The van der Waals surface area contributed by atoms with Crippen LogP contribution in [0.5, 0.6) is 0 Å². The third kappa shape index (κ3) is 4.91. The van der Waals surface area contributed by atoms with Crippen molar-refractivity contribution in [3.05, 3.63) is 0 Å². The fourth-order valence-electron chi connectivity index (χ4n) is 2.47. The van der Waals surface area contributed by atoms with E-state index in [0.29, 0.717) is 12.8 Å². The number of hydrogen-bond acceptors (Lipinski definition) is 3. The van der Waals surface area contributed by atoms with Gasteiger partial charge in [-0.2, -0.15) is 0 Å². The van der Waals surface area contributed by atoms with Gasteiger partial charge in [0.05, 0.1) is 0 Å². The minimum Gasteiger partial charge on any atom is -0.480 e. The molecule has 1 rings (SSSR count). The van der Waals surface area contributed by atoms with Crippen LogP contribution in [0.15, 0.2) is 0 Å². The minimum atomic E-state index is -1.21. The molecular formula is C14H25N3O4. The van der Waals surface area contributed by atoms with E-state index >= 15 is 0 Å². The SMILES string of the molecule is CC(C)NC(=O)C(C)NC(=O)NC1(C(=O)O)CCCCC1. The second kappa shape index (κ2) is 7.28. The van der Waals surface area contributed by atoms with Crippen LogP contribution in [-0.2, 0) is 9.59 Å². The van der Waals surface area contributed by atoms with E-state index in [-0.39, 0.29) is 11.9 Å². The molecule has 7 heteroatoms. The van der Waals surface area contributed by atoms with Gasteiger partial charge in [-0.1, -0.05) is 19.3 Å². The molecule has 0 bridgehead atoms. The molecular weight excluding hydrogens is 274 g/mol. The van der Waals surface area contributed by atoms with Crippen LogP contribution in [0.2, 0.25) is 0 Å². The summed E-state index contributed by atoms with van der Waals surface area (Å²) in [5.41, 5.74) is -1.21. The molecule has 0 spiro atoms. The molecule has 0 aromatic heterocycles. The lowest BCUT2D eigenvalue weighted by atomic mass is 9.82. The van der Waals surface area contributed by atoms with E-state index < -0.39 is 23.6 Å². The molecule has 1 aliphatic rings. The number of hydrogen-bond donors (Lipinski definition) is 4. The van der Waals surface area contributed by atoms with Gasteiger partial charge in [0, 0.05) is 6.04 Å². The van der Waals surface area contributed by atoms with Crippen LogP contribution in [0, 0.1) is 0 Å². The highest BCUT2D eigenvalue weighted by molar-refractivity contribution is 5.90. The summed E-state index contributed by atoms with van der Waals surface area (Å²) >= 11 is 0. The first-order valence-corrected chi connectivity index (χ1v) is 7.39. The van der Waals surface area contributed by atoms with Gasteiger partial charge < -0.3 is 21.1 Å². The molecule has 7 nitrogen and oxygen atoms in total. The van der Waals surface area contributed by atoms with Crippen molar-refractivity contribution in [3.63, 3.8) is 0 Å². The Morgan fingerprint density at radius 2 is 1.57 bits per heavy atom. The van der Waals surface area contributed by atoms with E-state index in [0.717, 1.165) is 19.3 Å². The average molecular weight is 299 g/mol. The molecule has 0 saturated heterocycles. The topological polar surface area (TPSA) is 108 Å². The van der Waals surface area contributed by atoms with Gasteiger partial charge in [-0.3, -0.25) is 4.79 Å². The molecule has 0 heterocycles. The van der Waals surface area contributed by atoms with Crippen LogP contribution in [0.1, 0.15) is 52.9 Å². The second-order valence-corrected chi connectivity index (χ2v) is 5.93. The summed E-state index contributed by atoms with van der Waals surface area (Å²) in [4.78, 5) is 35.1. The summed E-state index contributed by atoms with van der Waals surface area (Å²) < 4.78 is 0. The first-order chi connectivity index (χ1) is 9.77. The highest BCUT2D eigenvalue weighted by Gasteiger charge is 2.41. The number of rotatable bonds is 5. The van der Waals surface area contributed by atoms with Gasteiger partial charge in [0.15, 0.2) is 0 Å². The van der Waals surface area contributed by atoms with Crippen LogP contribution in [0.25, 0.3) is 0 Å². The summed E-state index contributed by atoms with van der Waals surface area (Å²) in [6, 6.07) is -1.36. The number of carbonyl (C=O) groups is 3. The Morgan fingerprint density at radius 1 is 1.00 bits per heavy atom. The third-order valence-electron chi connectivity index (χ3n) is 3.64. The second-order valence-electron chi connectivity index (χ2n) is 5.93. The van der Waals surface area contributed by atoms with Crippen molar-refractivity contribution in [2.75, 3.05) is 0 Å². The number of urea groups is 1. The Balaban J connectivity index is 2.58. The smallest absolute Gasteiger partial charge is 0.329 e. The predicted molar refractivity (Wildman–Crippen MR) is 77.9 cm³/mol. The maximum atomic E-state index is 12.0. The maximum absolute atomic E-state index is 12.0. The van der Waals surface area contributed by atoms with Crippen molar-refractivity contribution < 1.29 is 19.5 Å². The predicted octanol–water partition coefficient (Wildman–Crippen LogP) is 0.986. The van der Waals surface area contributed by atoms with Gasteiger partial charge in [0.1, 0.15) is 11.6 Å². The highest BCUT2D eigenvalue weighted by atomic mass is 16.4. The lowest BCUT2D eigenvalue weighted by molar-refractivity contribution is -0.145. The third-order valence-corrected chi connectivity index (χ3v) is 3.64. The van der Waals surface area contributed by atoms with E-state index in [2.05, 4.69) is 16.0 Å². The van der Waals surface area contributed by atoms with E-state index in [1.807, 2.05) is 13.8 Å². The molecule has 1 aliphatic carbocycles. The summed E-state index contributed by atoms with van der Waals surface area (Å²) in [6.45, 7) is 5.21. The van der Waals surface area contributed by atoms with Crippen LogP contribution >= 0.6 is 0 Å². The van der Waals surface area contributed by atoms with Gasteiger partial charge in [0.2, 0.25) is 5.91 Å². The highest BCUT2D eigenvalue weighted by Crippen LogP contribution is 2.28. The first kappa shape index (κ1) is 17.3. The van der Waals surface area contributed by atoms with E-state index in [4.69, 9.17) is 0 Å². The monoisotopic (exact) mass is 299 g/mol. The molecule has 4 N–H and O–H groups in total. The van der Waals surface area contributed by atoms with Gasteiger partial charge in [-0.25, -0.2) is 9.59 Å². The summed E-state index contributed by atoms with van der Waals surface area (Å²) in [6.07, 6.45) is 3.36. The van der Waals surface area contributed by atoms with Crippen LogP contribution in [0.3, 0.4) is 0 Å². The molecule has 1 unspecified atom stereocenters. The number of aliphatic carboxylic acids is 1. The molecule has 21 heavy (non-hydrogen) atoms. The Morgan fingerprint density at radius 3 is 2.05 bits per heavy atom. The Labute approximate surface area is 124 Å².